The van der Waals surface area contributed by atoms with E-state index in [2.05, 4.69) is 5.32 Å². The minimum absolute atomic E-state index is 0.142. The largest absolute Gasteiger partial charge is 0.332 e. The molecule has 0 radical (unpaired) electrons. The van der Waals surface area contributed by atoms with Crippen molar-refractivity contribution in [2.75, 3.05) is 13.1 Å². The summed E-state index contributed by atoms with van der Waals surface area (Å²) in [6.45, 7) is 2.01. The van der Waals surface area contributed by atoms with Gasteiger partial charge in [-0.1, -0.05) is 48.5 Å². The van der Waals surface area contributed by atoms with E-state index >= 15 is 0 Å². The average Bonchev–Trinajstić information content (AvgIpc) is 3.43. The highest BCUT2D eigenvalue weighted by Gasteiger charge is 2.50. The van der Waals surface area contributed by atoms with Crippen molar-refractivity contribution in [3.8, 4) is 0 Å². The second-order valence-corrected chi connectivity index (χ2v) is 10.7. The first-order chi connectivity index (χ1) is 17.4. The number of rotatable bonds is 4. The first kappa shape index (κ1) is 22.7. The summed E-state index contributed by atoms with van der Waals surface area (Å²) in [7, 11) is 0. The Kier molecular flexibility index (Phi) is 5.48. The second-order valence-electron chi connectivity index (χ2n) is 9.63. The maximum Gasteiger partial charge on any atom is 0.325 e. The molecule has 0 aliphatic carbocycles. The molecule has 2 aliphatic rings. The molecule has 8 heteroatoms. The minimum atomic E-state index is -1.23. The highest BCUT2D eigenvalue weighted by molar-refractivity contribution is 7.18. The van der Waals surface area contributed by atoms with Crippen LogP contribution in [0.1, 0.15) is 42.8 Å². The predicted octanol–water partition coefficient (Wildman–Crippen LogP) is 4.97. The molecule has 2 saturated heterocycles. The van der Waals surface area contributed by atoms with Crippen LogP contribution in [0.15, 0.2) is 66.7 Å². The van der Waals surface area contributed by atoms with Crippen molar-refractivity contribution in [2.45, 2.75) is 37.8 Å². The highest BCUT2D eigenvalue weighted by Crippen LogP contribution is 2.36. The van der Waals surface area contributed by atoms with Crippen LogP contribution < -0.4 is 5.32 Å². The maximum atomic E-state index is 13.5. The number of thiazole rings is 1. The van der Waals surface area contributed by atoms with Crippen LogP contribution in [0.25, 0.3) is 21.0 Å². The number of fused-ring (bicyclic) bond motifs is 2. The van der Waals surface area contributed by atoms with E-state index in [-0.39, 0.29) is 18.5 Å². The quantitative estimate of drug-likeness (QED) is 0.403. The molecule has 2 fully saturated rings. The Hall–Kier alpha value is -3.78. The Morgan fingerprint density at radius 2 is 1.83 bits per heavy atom. The third-order valence-electron chi connectivity index (χ3n) is 7.31. The van der Waals surface area contributed by atoms with Crippen LogP contribution in [0, 0.1) is 0 Å². The third kappa shape index (κ3) is 3.73. The van der Waals surface area contributed by atoms with Crippen molar-refractivity contribution in [2.24, 2.45) is 0 Å². The topological polar surface area (TPSA) is 82.6 Å². The van der Waals surface area contributed by atoms with Gasteiger partial charge in [0.15, 0.2) is 0 Å². The molecular formula is C28H26N4O3S. The van der Waals surface area contributed by atoms with Crippen LogP contribution in [-0.2, 0) is 15.1 Å². The number of benzene rings is 3. The van der Waals surface area contributed by atoms with Gasteiger partial charge in [0.05, 0.1) is 16.3 Å². The zero-order valence-electron chi connectivity index (χ0n) is 19.9. The molecule has 2 aliphatic heterocycles. The van der Waals surface area contributed by atoms with E-state index < -0.39 is 17.5 Å². The molecule has 0 bridgehead atoms. The highest BCUT2D eigenvalue weighted by atomic mass is 32.1. The van der Waals surface area contributed by atoms with Crippen LogP contribution in [-0.4, -0.2) is 45.7 Å². The summed E-state index contributed by atoms with van der Waals surface area (Å²) in [6, 6.07) is 20.9. The summed E-state index contributed by atoms with van der Waals surface area (Å²) in [5.74, 6) is -0.644. The van der Waals surface area contributed by atoms with E-state index in [1.165, 1.54) is 0 Å². The zero-order valence-corrected chi connectivity index (χ0v) is 20.8. The predicted molar refractivity (Wildman–Crippen MR) is 139 cm³/mol. The van der Waals surface area contributed by atoms with Crippen molar-refractivity contribution in [3.05, 3.63) is 77.3 Å². The van der Waals surface area contributed by atoms with Crippen molar-refractivity contribution in [3.63, 3.8) is 0 Å². The number of nitrogens with one attached hydrogen (secondary N) is 1. The van der Waals surface area contributed by atoms with E-state index in [1.807, 2.05) is 66.7 Å². The minimum Gasteiger partial charge on any atom is -0.332 e. The van der Waals surface area contributed by atoms with Crippen LogP contribution in [0.4, 0.5) is 4.79 Å². The number of aromatic nitrogens is 1. The maximum absolute atomic E-state index is 13.5. The van der Waals surface area contributed by atoms with Gasteiger partial charge in [0.1, 0.15) is 17.1 Å². The molecule has 0 unspecified atom stereocenters. The van der Waals surface area contributed by atoms with Gasteiger partial charge in [-0.15, -0.1) is 11.3 Å². The number of urea groups is 1. The number of carbonyl (C=O) groups excluding carboxylic acids is 3. The molecule has 3 heterocycles. The molecule has 2 atom stereocenters. The molecule has 0 saturated carbocycles. The van der Waals surface area contributed by atoms with E-state index in [0.29, 0.717) is 12.1 Å². The van der Waals surface area contributed by atoms with Gasteiger partial charge in [-0.25, -0.2) is 9.78 Å². The summed E-state index contributed by atoms with van der Waals surface area (Å²) in [4.78, 5) is 47.6. The number of amides is 4. The van der Waals surface area contributed by atoms with Gasteiger partial charge >= 0.3 is 6.03 Å². The van der Waals surface area contributed by atoms with E-state index in [1.54, 1.807) is 23.2 Å². The monoisotopic (exact) mass is 498 g/mol. The van der Waals surface area contributed by atoms with Gasteiger partial charge < -0.3 is 10.2 Å². The molecule has 1 aromatic heterocycles. The molecule has 0 spiro atoms. The SMILES string of the molecule is C[C@@]1(c2ccc3ccccc3c2)NC(=O)N(CC(=O)N2CCCC[C@@H]2c2nc3ccccc3s2)C1=O. The zero-order chi connectivity index (χ0) is 24.9. The number of likely N-dealkylation sites (tertiary alicyclic amines) is 1. The Morgan fingerprint density at radius 1 is 1.06 bits per heavy atom. The first-order valence-electron chi connectivity index (χ1n) is 12.2. The van der Waals surface area contributed by atoms with Crippen molar-refractivity contribution in [1.82, 2.24) is 20.1 Å². The fourth-order valence-electron chi connectivity index (χ4n) is 5.28. The Morgan fingerprint density at radius 3 is 2.67 bits per heavy atom. The van der Waals surface area contributed by atoms with Crippen molar-refractivity contribution >= 4 is 50.2 Å². The van der Waals surface area contributed by atoms with E-state index in [4.69, 9.17) is 4.98 Å². The van der Waals surface area contributed by atoms with Crippen LogP contribution in [0.2, 0.25) is 0 Å². The van der Waals surface area contributed by atoms with Gasteiger partial charge in [0.2, 0.25) is 5.91 Å². The molecule has 7 nitrogen and oxygen atoms in total. The van der Waals surface area contributed by atoms with Gasteiger partial charge in [0, 0.05) is 6.54 Å². The number of carbonyl (C=O) groups is 3. The number of imide groups is 1. The smallest absolute Gasteiger partial charge is 0.325 e. The molecule has 4 aromatic rings. The number of nitrogens with zero attached hydrogens (tertiary/aromatic N) is 3. The third-order valence-corrected chi connectivity index (χ3v) is 8.45. The van der Waals surface area contributed by atoms with Crippen molar-refractivity contribution in [1.29, 1.82) is 0 Å². The molecule has 182 valence electrons. The lowest BCUT2D eigenvalue weighted by Crippen LogP contribution is -2.46. The molecule has 36 heavy (non-hydrogen) atoms. The Bertz CT molecular complexity index is 1480. The van der Waals surface area contributed by atoms with Crippen molar-refractivity contribution < 1.29 is 14.4 Å². The summed E-state index contributed by atoms with van der Waals surface area (Å²) >= 11 is 1.60. The van der Waals surface area contributed by atoms with Gasteiger partial charge in [-0.3, -0.25) is 14.5 Å². The normalized spacial score (nSPS) is 22.4. The molecule has 1 N–H and O–H groups in total. The molecule has 6 rings (SSSR count). The lowest BCUT2D eigenvalue weighted by Gasteiger charge is -2.35. The van der Waals surface area contributed by atoms with Gasteiger partial charge in [0.25, 0.3) is 5.91 Å². The van der Waals surface area contributed by atoms with Gasteiger partial charge in [-0.05, 0) is 60.7 Å². The molecule has 4 amide bonds. The van der Waals surface area contributed by atoms with Crippen LogP contribution in [0.3, 0.4) is 0 Å². The van der Waals surface area contributed by atoms with E-state index in [9.17, 15) is 14.4 Å². The number of hydrogen-bond acceptors (Lipinski definition) is 5. The van der Waals surface area contributed by atoms with Gasteiger partial charge in [-0.2, -0.15) is 0 Å². The number of hydrogen-bond donors (Lipinski definition) is 1. The summed E-state index contributed by atoms with van der Waals surface area (Å²) in [6.07, 6.45) is 2.72. The van der Waals surface area contributed by atoms with Crippen LogP contribution >= 0.6 is 11.3 Å². The summed E-state index contributed by atoms with van der Waals surface area (Å²) < 4.78 is 1.09. The number of para-hydroxylation sites is 1. The second kappa shape index (κ2) is 8.71. The van der Waals surface area contributed by atoms with Crippen LogP contribution in [0.5, 0.6) is 0 Å². The number of piperidine rings is 1. The summed E-state index contributed by atoms with van der Waals surface area (Å²) in [5, 5.41) is 5.78. The lowest BCUT2D eigenvalue weighted by atomic mass is 9.90. The first-order valence-corrected chi connectivity index (χ1v) is 13.0. The fourth-order valence-corrected chi connectivity index (χ4v) is 6.40. The van der Waals surface area contributed by atoms with E-state index in [0.717, 1.165) is 50.2 Å². The molecule has 3 aromatic carbocycles. The molecular weight excluding hydrogens is 472 g/mol. The Labute approximate surface area is 212 Å². The Balaban J connectivity index is 1.24. The lowest BCUT2D eigenvalue weighted by molar-refractivity contribution is -0.141. The average molecular weight is 499 g/mol. The standard InChI is InChI=1S/C28H26N4O3S/c1-28(20-14-13-18-8-2-3-9-19(18)16-20)26(34)32(27(35)30-28)17-24(33)31-15-7-6-11-22(31)25-29-21-10-4-5-12-23(21)36-25/h2-5,8-10,12-14,16,22H,6-7,11,15,17H2,1H3,(H,30,35)/t22-,28+/m1/s1. The fraction of sp³-hybridized carbons (Fsp3) is 0.286. The summed E-state index contributed by atoms with van der Waals surface area (Å²) in [5.41, 5.74) is 0.394.